The third-order valence-electron chi connectivity index (χ3n) is 10.7. The lowest BCUT2D eigenvalue weighted by molar-refractivity contribution is -0.397. The van der Waals surface area contributed by atoms with E-state index in [-0.39, 0.29) is 6.61 Å². The van der Waals surface area contributed by atoms with Crippen molar-refractivity contribution >= 4 is 0 Å². The fourth-order valence-corrected chi connectivity index (χ4v) is 7.23. The van der Waals surface area contributed by atoms with Crippen molar-refractivity contribution in [3.63, 3.8) is 0 Å². The second kappa shape index (κ2) is 20.1. The molecule has 0 saturated carbocycles. The van der Waals surface area contributed by atoms with Crippen LogP contribution >= 0.6 is 0 Å². The van der Waals surface area contributed by atoms with Gasteiger partial charge in [0, 0.05) is 0 Å². The van der Waals surface area contributed by atoms with Gasteiger partial charge in [-0.3, -0.25) is 0 Å². The Balaban J connectivity index is 1.48. The molecule has 57 heavy (non-hydrogen) atoms. The van der Waals surface area contributed by atoms with Crippen LogP contribution in [0.3, 0.4) is 0 Å². The van der Waals surface area contributed by atoms with E-state index >= 15 is 0 Å². The third kappa shape index (κ3) is 9.80. The second-order valence-corrected chi connectivity index (χ2v) is 14.6. The number of aliphatic hydroxyl groups excluding tert-OH is 13. The van der Waals surface area contributed by atoms with Crippen LogP contribution < -0.4 is 5.73 Å². The second-order valence-electron chi connectivity index (χ2n) is 14.6. The zero-order chi connectivity index (χ0) is 42.0. The Kier molecular flexibility index (Phi) is 16.5. The van der Waals surface area contributed by atoms with Crippen LogP contribution in [0.4, 0.5) is 0 Å². The molecule has 0 bridgehead atoms. The molecule has 24 nitrogen and oxygen atoms in total. The summed E-state index contributed by atoms with van der Waals surface area (Å²) in [5.74, 6) is 0. The quantitative estimate of drug-likeness (QED) is 0.0722. The maximum absolute atomic E-state index is 11.2. The first-order valence-corrected chi connectivity index (χ1v) is 18.5. The largest absolute Gasteiger partial charge is 0.394 e. The van der Waals surface area contributed by atoms with Crippen molar-refractivity contribution in [3.8, 4) is 0 Å². The summed E-state index contributed by atoms with van der Waals surface area (Å²) in [6, 6.07) is -1.62. The zero-order valence-electron chi connectivity index (χ0n) is 31.0. The topological polar surface area (TPSA) is 381 Å². The summed E-state index contributed by atoms with van der Waals surface area (Å²) in [4.78, 5) is 0. The minimum atomic E-state index is -1.97. The van der Waals surface area contributed by atoms with Gasteiger partial charge in [-0.05, 0) is 13.8 Å². The Morgan fingerprint density at radius 2 is 0.912 bits per heavy atom. The number of hydrogen-bond donors (Lipinski definition) is 14. The molecular formula is C33H57NO23. The standard InChI is InChI=1S/C33H57NO23/c1-4-5-48-30-24(47)27(18(41)12(7-36)51-30)56-29-14(34)26(55-31-22(45)19(42)15(38)9(2)49-31)25(13(8-37)53-29)54-33-28(21(44)17(40)11(6-35)52-33)57-32-23(46)20(43)16(39)10(3)50-32/h4,9-33,35-47H,1,5-8,34H2,2-3H3/t9?,10?,11?,12?,13?,14?,15-,16+,17+,18+,19?,20?,21?,22?,23?,24?,25+,26?,27?,28?,29+,30-,31-,32+,33+/m1/s1. The minimum Gasteiger partial charge on any atom is -0.394 e. The van der Waals surface area contributed by atoms with Crippen molar-refractivity contribution in [2.75, 3.05) is 26.4 Å². The molecule has 5 aliphatic heterocycles. The van der Waals surface area contributed by atoms with E-state index in [0.717, 1.165) is 0 Å². The molecule has 0 aromatic heterocycles. The van der Waals surface area contributed by atoms with Gasteiger partial charge in [0.05, 0.1) is 44.7 Å². The number of hydrogen-bond acceptors (Lipinski definition) is 24. The van der Waals surface area contributed by atoms with E-state index in [1.165, 1.54) is 19.9 Å². The fourth-order valence-electron chi connectivity index (χ4n) is 7.23. The molecule has 24 heteroatoms. The van der Waals surface area contributed by atoms with Gasteiger partial charge in [0.1, 0.15) is 104 Å². The molecule has 5 fully saturated rings. The fraction of sp³-hybridized carbons (Fsp3) is 0.939. The van der Waals surface area contributed by atoms with Crippen LogP contribution in [0, 0.1) is 0 Å². The first-order chi connectivity index (χ1) is 27.0. The average molecular weight is 836 g/mol. The Labute approximate surface area is 325 Å². The first-order valence-electron chi connectivity index (χ1n) is 18.5. The van der Waals surface area contributed by atoms with Gasteiger partial charge < -0.3 is 119 Å². The lowest BCUT2D eigenvalue weighted by Crippen LogP contribution is -2.70. The highest BCUT2D eigenvalue weighted by Crippen LogP contribution is 2.36. The Morgan fingerprint density at radius 1 is 0.456 bits per heavy atom. The van der Waals surface area contributed by atoms with Gasteiger partial charge in [0.2, 0.25) is 0 Å². The molecule has 0 aromatic rings. The summed E-state index contributed by atoms with van der Waals surface area (Å²) in [6.07, 6.45) is -38.6. The normalized spacial score (nSPS) is 52.4. The molecule has 0 aliphatic carbocycles. The third-order valence-corrected chi connectivity index (χ3v) is 10.7. The van der Waals surface area contributed by atoms with Crippen LogP contribution in [0.1, 0.15) is 13.8 Å². The molecule has 25 atom stereocenters. The van der Waals surface area contributed by atoms with Crippen LogP contribution in [-0.4, -0.2) is 246 Å². The molecular weight excluding hydrogens is 778 g/mol. The van der Waals surface area contributed by atoms with Crippen LogP contribution in [0.2, 0.25) is 0 Å². The van der Waals surface area contributed by atoms with E-state index in [9.17, 15) is 66.4 Å². The number of nitrogens with two attached hydrogens (primary N) is 1. The summed E-state index contributed by atoms with van der Waals surface area (Å²) in [5.41, 5.74) is 6.65. The summed E-state index contributed by atoms with van der Waals surface area (Å²) >= 11 is 0. The smallest absolute Gasteiger partial charge is 0.187 e. The molecule has 15 N–H and O–H groups in total. The van der Waals surface area contributed by atoms with E-state index in [2.05, 4.69) is 6.58 Å². The summed E-state index contributed by atoms with van der Waals surface area (Å²) in [6.45, 7) is 3.57. The van der Waals surface area contributed by atoms with E-state index in [1.54, 1.807) is 0 Å². The molecule has 5 aliphatic rings. The van der Waals surface area contributed by atoms with Crippen molar-refractivity contribution < 1.29 is 114 Å². The molecule has 0 amide bonds. The maximum Gasteiger partial charge on any atom is 0.187 e. The zero-order valence-corrected chi connectivity index (χ0v) is 31.0. The minimum absolute atomic E-state index is 0.115. The lowest BCUT2D eigenvalue weighted by Gasteiger charge is -2.51. The summed E-state index contributed by atoms with van der Waals surface area (Å²) in [7, 11) is 0. The molecule has 0 spiro atoms. The van der Waals surface area contributed by atoms with E-state index in [4.69, 9.17) is 53.1 Å². The highest BCUT2D eigenvalue weighted by molar-refractivity contribution is 5.00. The number of ether oxygens (including phenoxy) is 10. The highest BCUT2D eigenvalue weighted by Gasteiger charge is 2.57. The monoisotopic (exact) mass is 835 g/mol. The van der Waals surface area contributed by atoms with Gasteiger partial charge in [0.25, 0.3) is 0 Å². The Hall–Kier alpha value is -1.22. The lowest BCUT2D eigenvalue weighted by atomic mass is 9.94. The van der Waals surface area contributed by atoms with E-state index < -0.39 is 173 Å². The van der Waals surface area contributed by atoms with Crippen molar-refractivity contribution in [2.24, 2.45) is 5.73 Å². The molecule has 0 aromatic carbocycles. The Morgan fingerprint density at radius 3 is 1.44 bits per heavy atom. The summed E-state index contributed by atoms with van der Waals surface area (Å²) in [5, 5.41) is 138. The predicted octanol–water partition coefficient (Wildman–Crippen LogP) is -8.69. The molecule has 5 heterocycles. The Bertz CT molecular complexity index is 1260. The van der Waals surface area contributed by atoms with E-state index in [1.807, 2.05) is 0 Å². The van der Waals surface area contributed by atoms with Crippen LogP contribution in [-0.2, 0) is 47.4 Å². The van der Waals surface area contributed by atoms with Gasteiger partial charge in [-0.25, -0.2) is 0 Å². The van der Waals surface area contributed by atoms with Gasteiger partial charge in [-0.15, -0.1) is 6.58 Å². The van der Waals surface area contributed by atoms with Gasteiger partial charge in [0.15, 0.2) is 31.5 Å². The van der Waals surface area contributed by atoms with Crippen LogP contribution in [0.5, 0.6) is 0 Å². The summed E-state index contributed by atoms with van der Waals surface area (Å²) < 4.78 is 57.8. The van der Waals surface area contributed by atoms with Crippen molar-refractivity contribution in [1.82, 2.24) is 0 Å². The van der Waals surface area contributed by atoms with Crippen molar-refractivity contribution in [1.29, 1.82) is 0 Å². The number of rotatable bonds is 14. The maximum atomic E-state index is 11.2. The predicted molar refractivity (Wildman–Crippen MR) is 180 cm³/mol. The number of aliphatic hydroxyl groups is 13. The van der Waals surface area contributed by atoms with Crippen LogP contribution in [0.25, 0.3) is 0 Å². The van der Waals surface area contributed by atoms with Crippen LogP contribution in [0.15, 0.2) is 12.7 Å². The van der Waals surface area contributed by atoms with E-state index in [0.29, 0.717) is 0 Å². The van der Waals surface area contributed by atoms with Crippen molar-refractivity contribution in [3.05, 3.63) is 12.7 Å². The van der Waals surface area contributed by atoms with Gasteiger partial charge in [-0.2, -0.15) is 0 Å². The molecule has 0 radical (unpaired) electrons. The van der Waals surface area contributed by atoms with Gasteiger partial charge >= 0.3 is 0 Å². The van der Waals surface area contributed by atoms with Crippen molar-refractivity contribution in [2.45, 2.75) is 167 Å². The van der Waals surface area contributed by atoms with Gasteiger partial charge in [-0.1, -0.05) is 6.08 Å². The SMILES string of the molecule is C=CCO[C@@H]1OC(CO)[C@H](O)C(O[C@@H]2OC(CO)[C@H](O[C@@H]3OC(CO)[C@H](O)C(O)C3O[C@@H]3OC(C)[C@H](O)C(O)C3O)C(O[C@H]3OC(C)[C@@H](O)C(O)C3O)C2N)C1O. The molecule has 5 saturated heterocycles. The molecule has 332 valence electrons. The highest BCUT2D eigenvalue weighted by atomic mass is 16.8. The molecule has 15 unspecified atom stereocenters. The average Bonchev–Trinajstić information content (AvgIpc) is 3.19. The molecule has 5 rings (SSSR count). The first kappa shape index (κ1) is 46.8.